The molecule has 0 amide bonds. The van der Waals surface area contributed by atoms with E-state index < -0.39 is 5.97 Å². The Balaban J connectivity index is -0.000000218. The molecule has 0 aliphatic carbocycles. The predicted octanol–water partition coefficient (Wildman–Crippen LogP) is -1.36. The number of nitrogens with zero attached hydrogens (tertiary/aromatic N) is 1. The molecule has 0 fully saturated rings. The smallest absolute Gasteiger partial charge is 1.00 e. The number of carbonyl (C=O) groups is 1. The SMILES string of the molecule is O=C(O)c1ccccc1.O=NO.[H-].[Na+]. The quantitative estimate of drug-likeness (QED) is 0.327. The summed E-state index contributed by atoms with van der Waals surface area (Å²) in [5.74, 6) is -0.879. The van der Waals surface area contributed by atoms with Gasteiger partial charge in [0.15, 0.2) is 5.34 Å². The van der Waals surface area contributed by atoms with Crippen LogP contribution in [0.5, 0.6) is 0 Å². The van der Waals surface area contributed by atoms with Crippen molar-refractivity contribution in [3.05, 3.63) is 40.8 Å². The van der Waals surface area contributed by atoms with Crippen molar-refractivity contribution in [2.45, 2.75) is 0 Å². The molecule has 5 nitrogen and oxygen atoms in total. The molecule has 6 heteroatoms. The van der Waals surface area contributed by atoms with Gasteiger partial charge >= 0.3 is 35.5 Å². The first-order valence-corrected chi connectivity index (χ1v) is 2.97. The minimum absolute atomic E-state index is 0. The van der Waals surface area contributed by atoms with Crippen LogP contribution < -0.4 is 29.6 Å². The van der Waals surface area contributed by atoms with Crippen LogP contribution >= 0.6 is 0 Å². The van der Waals surface area contributed by atoms with E-state index in [4.69, 9.17) is 15.2 Å². The van der Waals surface area contributed by atoms with Gasteiger partial charge in [0.1, 0.15) is 0 Å². The molecule has 66 valence electrons. The van der Waals surface area contributed by atoms with E-state index in [0.29, 0.717) is 5.56 Å². The van der Waals surface area contributed by atoms with Gasteiger partial charge in [-0.25, -0.2) is 4.79 Å². The summed E-state index contributed by atoms with van der Waals surface area (Å²) in [6.45, 7) is 0. The standard InChI is InChI=1S/C7H6O2.HNO2.Na.H/c8-7(9)6-4-2-1-3-5-6;2-1-3;;/h1-5H,(H,8,9);(H,2,3);;/q;;+1;-1. The Kier molecular flexibility index (Phi) is 10.3. The van der Waals surface area contributed by atoms with Crippen molar-refractivity contribution in [2.24, 2.45) is 5.34 Å². The Hall–Kier alpha value is -0.910. The summed E-state index contributed by atoms with van der Waals surface area (Å²) in [7, 11) is 0. The minimum atomic E-state index is -0.879. The molecule has 0 spiro atoms. The fraction of sp³-hybridized carbons (Fsp3) is 0. The Labute approximate surface area is 98.1 Å². The molecule has 0 bridgehead atoms. The first-order valence-electron chi connectivity index (χ1n) is 2.97. The largest absolute Gasteiger partial charge is 1.00 e. The van der Waals surface area contributed by atoms with Crippen molar-refractivity contribution >= 4 is 5.97 Å². The van der Waals surface area contributed by atoms with Crippen molar-refractivity contribution in [3.63, 3.8) is 0 Å². The summed E-state index contributed by atoms with van der Waals surface area (Å²) in [6, 6.07) is 8.30. The zero-order valence-corrected chi connectivity index (χ0v) is 9.04. The number of aromatic carboxylic acids is 1. The predicted molar refractivity (Wildman–Crippen MR) is 42.1 cm³/mol. The maximum Gasteiger partial charge on any atom is 1.00 e. The molecule has 1 aromatic rings. The van der Waals surface area contributed by atoms with Gasteiger partial charge in [0.25, 0.3) is 0 Å². The molecule has 0 aliphatic heterocycles. The summed E-state index contributed by atoms with van der Waals surface area (Å²) in [6.07, 6.45) is 0. The number of hydrogen-bond donors (Lipinski definition) is 2. The molecule has 1 rings (SSSR count). The zero-order chi connectivity index (χ0) is 9.40. The number of carboxylic acids is 1. The van der Waals surface area contributed by atoms with Gasteiger partial charge < -0.3 is 11.7 Å². The Morgan fingerprint density at radius 3 is 1.92 bits per heavy atom. The van der Waals surface area contributed by atoms with Crippen LogP contribution in [0.4, 0.5) is 0 Å². The number of hydrogen-bond acceptors (Lipinski definition) is 3. The Morgan fingerprint density at radius 1 is 1.31 bits per heavy atom. The van der Waals surface area contributed by atoms with Gasteiger partial charge in [0.05, 0.1) is 5.56 Å². The van der Waals surface area contributed by atoms with Gasteiger partial charge in [-0.05, 0) is 12.1 Å². The van der Waals surface area contributed by atoms with Gasteiger partial charge in [-0.2, -0.15) is 0 Å². The molecule has 0 aromatic heterocycles. The second-order valence-electron chi connectivity index (χ2n) is 1.75. The first kappa shape index (κ1) is 14.6. The number of benzene rings is 1. The summed E-state index contributed by atoms with van der Waals surface area (Å²) in [4.78, 5) is 18.3. The molecule has 0 unspecified atom stereocenters. The van der Waals surface area contributed by atoms with Crippen LogP contribution in [0.2, 0.25) is 0 Å². The molecule has 0 aliphatic rings. The molecule has 0 heterocycles. The summed E-state index contributed by atoms with van der Waals surface area (Å²) >= 11 is 0. The summed E-state index contributed by atoms with van der Waals surface area (Å²) in [5, 5.41) is 16.3. The third-order valence-electron chi connectivity index (χ3n) is 1.02. The molecular weight excluding hydrogens is 185 g/mol. The van der Waals surface area contributed by atoms with E-state index in [0.717, 1.165) is 0 Å². The molecule has 0 radical (unpaired) electrons. The average Bonchev–Trinajstić information content (AvgIpc) is 2.07. The van der Waals surface area contributed by atoms with E-state index in [1.807, 2.05) is 0 Å². The third-order valence-corrected chi connectivity index (χ3v) is 1.02. The molecule has 13 heavy (non-hydrogen) atoms. The van der Waals surface area contributed by atoms with Crippen LogP contribution in [0.25, 0.3) is 0 Å². The topological polar surface area (TPSA) is 87.0 Å². The molecule has 0 saturated carbocycles. The van der Waals surface area contributed by atoms with E-state index >= 15 is 0 Å². The van der Waals surface area contributed by atoms with Crippen molar-refractivity contribution in [1.82, 2.24) is 0 Å². The van der Waals surface area contributed by atoms with Gasteiger partial charge in [0.2, 0.25) is 0 Å². The summed E-state index contributed by atoms with van der Waals surface area (Å²) in [5.41, 5.74) is 0.331. The maximum atomic E-state index is 10.2. The second kappa shape index (κ2) is 9.18. The van der Waals surface area contributed by atoms with Crippen LogP contribution in [-0.4, -0.2) is 16.3 Å². The van der Waals surface area contributed by atoms with Crippen LogP contribution in [0.3, 0.4) is 0 Å². The second-order valence-corrected chi connectivity index (χ2v) is 1.75. The molecule has 0 atom stereocenters. The Bertz CT molecular complexity index is 257. The van der Waals surface area contributed by atoms with Gasteiger partial charge in [-0.15, -0.1) is 4.91 Å². The van der Waals surface area contributed by atoms with Crippen LogP contribution in [0.15, 0.2) is 35.7 Å². The number of carboxylic acid groups (broad SMARTS) is 1. The van der Waals surface area contributed by atoms with E-state index in [2.05, 4.69) is 0 Å². The molecule has 1 aromatic carbocycles. The van der Waals surface area contributed by atoms with Crippen LogP contribution in [-0.2, 0) is 0 Å². The fourth-order valence-electron chi connectivity index (χ4n) is 0.581. The maximum absolute atomic E-state index is 10.2. The zero-order valence-electron chi connectivity index (χ0n) is 8.04. The van der Waals surface area contributed by atoms with Crippen molar-refractivity contribution in [1.29, 1.82) is 0 Å². The van der Waals surface area contributed by atoms with E-state index in [-0.39, 0.29) is 31.0 Å². The average molecular weight is 193 g/mol. The normalized spacial score (nSPS) is 7.08. The van der Waals surface area contributed by atoms with Crippen LogP contribution in [0, 0.1) is 4.91 Å². The minimum Gasteiger partial charge on any atom is -1.00 e. The first-order chi connectivity index (χ1) is 5.72. The van der Waals surface area contributed by atoms with Gasteiger partial charge in [0, 0.05) is 0 Å². The third kappa shape index (κ3) is 7.45. The summed E-state index contributed by atoms with van der Waals surface area (Å²) < 4.78 is 0. The molecule has 2 N–H and O–H groups in total. The monoisotopic (exact) mass is 193 g/mol. The Morgan fingerprint density at radius 2 is 1.69 bits per heavy atom. The van der Waals surface area contributed by atoms with E-state index in [1.165, 1.54) is 5.34 Å². The van der Waals surface area contributed by atoms with Crippen LogP contribution in [0.1, 0.15) is 11.8 Å². The van der Waals surface area contributed by atoms with Gasteiger partial charge in [-0.3, -0.25) is 0 Å². The van der Waals surface area contributed by atoms with Crippen molar-refractivity contribution in [2.75, 3.05) is 0 Å². The van der Waals surface area contributed by atoms with E-state index in [9.17, 15) is 4.79 Å². The number of rotatable bonds is 1. The molecule has 0 saturated heterocycles. The van der Waals surface area contributed by atoms with Gasteiger partial charge in [-0.1, -0.05) is 18.2 Å². The fourth-order valence-corrected chi connectivity index (χ4v) is 0.581. The van der Waals surface area contributed by atoms with Crippen molar-refractivity contribution in [3.8, 4) is 0 Å². The molecular formula is C7H8NNaO4. The van der Waals surface area contributed by atoms with Crippen molar-refractivity contribution < 1.29 is 46.1 Å². The van der Waals surface area contributed by atoms with E-state index in [1.54, 1.807) is 30.3 Å².